The minimum Gasteiger partial charge on any atom is -0.481 e. The van der Waals surface area contributed by atoms with Crippen LogP contribution in [0, 0.1) is 5.92 Å². The highest BCUT2D eigenvalue weighted by Gasteiger charge is 2.30. The molecule has 1 fully saturated rings. The molecule has 1 aliphatic carbocycles. The summed E-state index contributed by atoms with van der Waals surface area (Å²) in [4.78, 5) is 12.6. The van der Waals surface area contributed by atoms with E-state index in [1.165, 1.54) is 0 Å². The lowest BCUT2D eigenvalue weighted by molar-refractivity contribution is -0.137. The number of methoxy groups -OCH3 is 2. The van der Waals surface area contributed by atoms with Gasteiger partial charge in [0.15, 0.2) is 0 Å². The zero-order chi connectivity index (χ0) is 13.5. The predicted molar refractivity (Wildman–Crippen MR) is 68.7 cm³/mol. The SMILES string of the molecule is COC1CCC(CN(C)CCC(=O)O)CC1OC. The second kappa shape index (κ2) is 7.71. The lowest BCUT2D eigenvalue weighted by Gasteiger charge is -2.36. The summed E-state index contributed by atoms with van der Waals surface area (Å²) >= 11 is 0. The van der Waals surface area contributed by atoms with Gasteiger partial charge in [0.05, 0.1) is 18.6 Å². The molecule has 0 spiro atoms. The Morgan fingerprint density at radius 2 is 1.94 bits per heavy atom. The predicted octanol–water partition coefficient (Wildman–Crippen LogP) is 1.22. The number of rotatable bonds is 7. The molecule has 106 valence electrons. The number of hydrogen-bond acceptors (Lipinski definition) is 4. The summed E-state index contributed by atoms with van der Waals surface area (Å²) in [7, 11) is 5.44. The van der Waals surface area contributed by atoms with Crippen molar-refractivity contribution >= 4 is 5.97 Å². The Balaban J connectivity index is 2.33. The van der Waals surface area contributed by atoms with Crippen molar-refractivity contribution < 1.29 is 19.4 Å². The van der Waals surface area contributed by atoms with Gasteiger partial charge in [0.2, 0.25) is 0 Å². The van der Waals surface area contributed by atoms with Gasteiger partial charge in [-0.1, -0.05) is 0 Å². The first kappa shape index (κ1) is 15.4. The molecule has 1 N–H and O–H groups in total. The van der Waals surface area contributed by atoms with Crippen LogP contribution < -0.4 is 0 Å². The third-order valence-electron chi connectivity index (χ3n) is 3.72. The molecule has 0 bridgehead atoms. The molecule has 1 aliphatic rings. The van der Waals surface area contributed by atoms with E-state index in [1.54, 1.807) is 14.2 Å². The molecule has 1 saturated carbocycles. The number of carboxylic acid groups (broad SMARTS) is 1. The Kier molecular flexibility index (Phi) is 6.60. The topological polar surface area (TPSA) is 59.0 Å². The first-order chi connectivity index (χ1) is 8.56. The van der Waals surface area contributed by atoms with Gasteiger partial charge in [-0.15, -0.1) is 0 Å². The summed E-state index contributed by atoms with van der Waals surface area (Å²) in [6.45, 7) is 1.54. The maximum atomic E-state index is 10.5. The Morgan fingerprint density at radius 1 is 1.28 bits per heavy atom. The van der Waals surface area contributed by atoms with Gasteiger partial charge in [-0.05, 0) is 32.2 Å². The molecule has 18 heavy (non-hydrogen) atoms. The summed E-state index contributed by atoms with van der Waals surface area (Å²) in [6.07, 6.45) is 3.71. The first-order valence-corrected chi connectivity index (χ1v) is 6.52. The smallest absolute Gasteiger partial charge is 0.304 e. The maximum Gasteiger partial charge on any atom is 0.304 e. The summed E-state index contributed by atoms with van der Waals surface area (Å²) in [5, 5.41) is 8.65. The standard InChI is InChI=1S/C13H25NO4/c1-14(7-6-13(15)16)9-10-4-5-11(17-2)12(8-10)18-3/h10-12H,4-9H2,1-3H3,(H,15,16). The molecule has 0 heterocycles. The van der Waals surface area contributed by atoms with E-state index in [0.29, 0.717) is 12.5 Å². The van der Waals surface area contributed by atoms with Gasteiger partial charge in [-0.25, -0.2) is 0 Å². The zero-order valence-corrected chi connectivity index (χ0v) is 11.6. The van der Waals surface area contributed by atoms with Crippen molar-refractivity contribution in [3.05, 3.63) is 0 Å². The van der Waals surface area contributed by atoms with E-state index in [2.05, 4.69) is 4.90 Å². The van der Waals surface area contributed by atoms with Gasteiger partial charge in [0, 0.05) is 27.3 Å². The molecule has 5 heteroatoms. The summed E-state index contributed by atoms with van der Waals surface area (Å²) < 4.78 is 10.9. The number of nitrogens with zero attached hydrogens (tertiary/aromatic N) is 1. The quantitative estimate of drug-likeness (QED) is 0.745. The van der Waals surface area contributed by atoms with Crippen LogP contribution in [0.2, 0.25) is 0 Å². The van der Waals surface area contributed by atoms with E-state index < -0.39 is 5.97 Å². The normalized spacial score (nSPS) is 28.6. The zero-order valence-electron chi connectivity index (χ0n) is 11.6. The summed E-state index contributed by atoms with van der Waals surface area (Å²) in [5.41, 5.74) is 0. The van der Waals surface area contributed by atoms with Crippen LogP contribution in [0.3, 0.4) is 0 Å². The number of carboxylic acids is 1. The van der Waals surface area contributed by atoms with E-state index in [4.69, 9.17) is 14.6 Å². The van der Waals surface area contributed by atoms with Gasteiger partial charge in [0.25, 0.3) is 0 Å². The molecule has 0 aliphatic heterocycles. The molecule has 0 aromatic heterocycles. The van der Waals surface area contributed by atoms with Gasteiger partial charge >= 0.3 is 5.97 Å². The minimum atomic E-state index is -0.736. The van der Waals surface area contributed by atoms with Crippen LogP contribution in [0.15, 0.2) is 0 Å². The first-order valence-electron chi connectivity index (χ1n) is 6.52. The Hall–Kier alpha value is -0.650. The van der Waals surface area contributed by atoms with Crippen LogP contribution in [0.1, 0.15) is 25.7 Å². The average Bonchev–Trinajstić information content (AvgIpc) is 2.36. The molecule has 0 amide bonds. The van der Waals surface area contributed by atoms with Crippen LogP contribution >= 0.6 is 0 Å². The molecule has 3 atom stereocenters. The highest BCUT2D eigenvalue weighted by molar-refractivity contribution is 5.66. The number of carbonyl (C=O) groups is 1. The van der Waals surface area contributed by atoms with Crippen molar-refractivity contribution in [2.75, 3.05) is 34.4 Å². The van der Waals surface area contributed by atoms with E-state index >= 15 is 0 Å². The number of ether oxygens (including phenoxy) is 2. The molecule has 3 unspecified atom stereocenters. The van der Waals surface area contributed by atoms with Crippen LogP contribution in [-0.4, -0.2) is 62.5 Å². The fourth-order valence-electron chi connectivity index (χ4n) is 2.69. The lowest BCUT2D eigenvalue weighted by atomic mass is 9.85. The van der Waals surface area contributed by atoms with E-state index in [9.17, 15) is 4.79 Å². The second-order valence-corrected chi connectivity index (χ2v) is 5.13. The fourth-order valence-corrected chi connectivity index (χ4v) is 2.69. The monoisotopic (exact) mass is 259 g/mol. The minimum absolute atomic E-state index is 0.168. The molecular weight excluding hydrogens is 234 g/mol. The van der Waals surface area contributed by atoms with E-state index in [-0.39, 0.29) is 18.6 Å². The molecule has 0 saturated heterocycles. The Labute approximate surface area is 109 Å². The summed E-state index contributed by atoms with van der Waals surface area (Å²) in [5.74, 6) is -0.167. The highest BCUT2D eigenvalue weighted by atomic mass is 16.5. The fraction of sp³-hybridized carbons (Fsp3) is 0.923. The van der Waals surface area contributed by atoms with Crippen molar-refractivity contribution in [2.45, 2.75) is 37.9 Å². The molecule has 1 rings (SSSR count). The van der Waals surface area contributed by atoms with Crippen LogP contribution in [0.25, 0.3) is 0 Å². The Morgan fingerprint density at radius 3 is 2.50 bits per heavy atom. The lowest BCUT2D eigenvalue weighted by Crippen LogP contribution is -2.40. The molecule has 0 aromatic carbocycles. The number of aliphatic carboxylic acids is 1. The van der Waals surface area contributed by atoms with Gasteiger partial charge in [-0.2, -0.15) is 0 Å². The van der Waals surface area contributed by atoms with E-state index in [1.807, 2.05) is 7.05 Å². The molecule has 0 radical (unpaired) electrons. The molecular formula is C13H25NO4. The van der Waals surface area contributed by atoms with Crippen molar-refractivity contribution in [2.24, 2.45) is 5.92 Å². The second-order valence-electron chi connectivity index (χ2n) is 5.13. The highest BCUT2D eigenvalue weighted by Crippen LogP contribution is 2.28. The average molecular weight is 259 g/mol. The van der Waals surface area contributed by atoms with Crippen LogP contribution in [0.5, 0.6) is 0 Å². The molecule has 0 aromatic rings. The third-order valence-corrected chi connectivity index (χ3v) is 3.72. The van der Waals surface area contributed by atoms with Gasteiger partial charge < -0.3 is 19.5 Å². The van der Waals surface area contributed by atoms with Crippen molar-refractivity contribution in [3.8, 4) is 0 Å². The van der Waals surface area contributed by atoms with Crippen molar-refractivity contribution in [1.82, 2.24) is 4.90 Å². The summed E-state index contributed by atoms with van der Waals surface area (Å²) in [6, 6.07) is 0. The third kappa shape index (κ3) is 4.92. The number of hydrogen-bond donors (Lipinski definition) is 1. The molecule has 5 nitrogen and oxygen atoms in total. The van der Waals surface area contributed by atoms with Crippen LogP contribution in [0.4, 0.5) is 0 Å². The van der Waals surface area contributed by atoms with Crippen molar-refractivity contribution in [1.29, 1.82) is 0 Å². The largest absolute Gasteiger partial charge is 0.481 e. The maximum absolute atomic E-state index is 10.5. The van der Waals surface area contributed by atoms with Gasteiger partial charge in [0.1, 0.15) is 0 Å². The Bertz CT molecular complexity index is 259. The van der Waals surface area contributed by atoms with Crippen molar-refractivity contribution in [3.63, 3.8) is 0 Å². The van der Waals surface area contributed by atoms with E-state index in [0.717, 1.165) is 25.8 Å². The van der Waals surface area contributed by atoms with Gasteiger partial charge in [-0.3, -0.25) is 4.79 Å². The van der Waals surface area contributed by atoms with Crippen LogP contribution in [-0.2, 0) is 14.3 Å².